The van der Waals surface area contributed by atoms with Crippen molar-refractivity contribution in [2.24, 2.45) is 0 Å². The highest BCUT2D eigenvalue weighted by Crippen LogP contribution is 2.07. The van der Waals surface area contributed by atoms with Crippen LogP contribution in [0.25, 0.3) is 0 Å². The first-order chi connectivity index (χ1) is 9.08. The van der Waals surface area contributed by atoms with Crippen molar-refractivity contribution in [3.05, 3.63) is 23.7 Å². The Balaban J connectivity index is 2.45. The van der Waals surface area contributed by atoms with Crippen LogP contribution in [0.4, 0.5) is 4.79 Å². The fourth-order valence-corrected chi connectivity index (χ4v) is 1.61. The topological polar surface area (TPSA) is 82.8 Å². The van der Waals surface area contributed by atoms with E-state index < -0.39 is 5.97 Å². The molecule has 0 saturated heterocycles. The summed E-state index contributed by atoms with van der Waals surface area (Å²) in [7, 11) is 0. The molecule has 0 fully saturated rings. The maximum absolute atomic E-state index is 11.9. The zero-order valence-corrected chi connectivity index (χ0v) is 11.3. The van der Waals surface area contributed by atoms with Gasteiger partial charge in [0.15, 0.2) is 0 Å². The third-order valence-electron chi connectivity index (χ3n) is 2.74. The molecule has 2 amide bonds. The number of nitrogens with zero attached hydrogens (tertiary/aromatic N) is 1. The number of aromatic carboxylic acids is 1. The van der Waals surface area contributed by atoms with Gasteiger partial charge in [0, 0.05) is 13.1 Å². The Morgan fingerprint density at radius 2 is 2.11 bits per heavy atom. The second kappa shape index (κ2) is 7.45. The van der Waals surface area contributed by atoms with Gasteiger partial charge in [-0.1, -0.05) is 13.3 Å². The molecule has 1 rings (SSSR count). The predicted molar refractivity (Wildman–Crippen MR) is 70.1 cm³/mol. The molecule has 0 aliphatic carbocycles. The highest BCUT2D eigenvalue weighted by atomic mass is 16.4. The summed E-state index contributed by atoms with van der Waals surface area (Å²) in [5, 5.41) is 11.4. The van der Waals surface area contributed by atoms with Crippen molar-refractivity contribution in [2.45, 2.75) is 33.2 Å². The number of amides is 2. The minimum absolute atomic E-state index is 0.123. The molecule has 0 saturated carbocycles. The summed E-state index contributed by atoms with van der Waals surface area (Å²) in [6.45, 7) is 5.54. The molecule has 0 unspecified atom stereocenters. The maximum Gasteiger partial charge on any atom is 0.371 e. The summed E-state index contributed by atoms with van der Waals surface area (Å²) in [6.07, 6.45) is 2.00. The third kappa shape index (κ3) is 4.65. The van der Waals surface area contributed by atoms with Gasteiger partial charge in [-0.25, -0.2) is 9.59 Å². The molecule has 6 nitrogen and oxygen atoms in total. The Kier molecular flexibility index (Phi) is 5.92. The van der Waals surface area contributed by atoms with E-state index in [2.05, 4.69) is 12.2 Å². The van der Waals surface area contributed by atoms with Crippen LogP contribution in [-0.2, 0) is 6.54 Å². The number of carboxylic acid groups (broad SMARTS) is 1. The van der Waals surface area contributed by atoms with Gasteiger partial charge in [0.2, 0.25) is 5.76 Å². The number of hydrogen-bond donors (Lipinski definition) is 2. The van der Waals surface area contributed by atoms with E-state index in [9.17, 15) is 9.59 Å². The maximum atomic E-state index is 11.9. The van der Waals surface area contributed by atoms with E-state index in [-0.39, 0.29) is 18.3 Å². The quantitative estimate of drug-likeness (QED) is 0.795. The standard InChI is InChI=1S/C13H20N2O4/c1-3-5-8-15(4-2)13(18)14-9-10-6-7-11(19-10)12(16)17/h6-7H,3-5,8-9H2,1-2H3,(H,14,18)(H,16,17). The van der Waals surface area contributed by atoms with E-state index in [1.807, 2.05) is 6.92 Å². The number of nitrogens with one attached hydrogen (secondary N) is 1. The first-order valence-corrected chi connectivity index (χ1v) is 6.43. The summed E-state index contributed by atoms with van der Waals surface area (Å²) in [5.74, 6) is -0.810. The molecule has 0 spiro atoms. The molecule has 1 aromatic heterocycles. The average molecular weight is 268 g/mol. The molecule has 2 N–H and O–H groups in total. The van der Waals surface area contributed by atoms with Gasteiger partial charge >= 0.3 is 12.0 Å². The lowest BCUT2D eigenvalue weighted by Gasteiger charge is -2.20. The van der Waals surface area contributed by atoms with Gasteiger partial charge in [-0.05, 0) is 25.5 Å². The van der Waals surface area contributed by atoms with Crippen molar-refractivity contribution in [3.63, 3.8) is 0 Å². The average Bonchev–Trinajstić information content (AvgIpc) is 2.86. The van der Waals surface area contributed by atoms with Crippen molar-refractivity contribution in [1.82, 2.24) is 10.2 Å². The Hall–Kier alpha value is -1.98. The molecular formula is C13H20N2O4. The molecule has 0 aliphatic heterocycles. The molecule has 106 valence electrons. The minimum atomic E-state index is -1.12. The van der Waals surface area contributed by atoms with E-state index in [0.29, 0.717) is 12.3 Å². The Morgan fingerprint density at radius 1 is 1.37 bits per heavy atom. The first kappa shape index (κ1) is 15.1. The van der Waals surface area contributed by atoms with Crippen molar-refractivity contribution >= 4 is 12.0 Å². The van der Waals surface area contributed by atoms with Crippen molar-refractivity contribution in [1.29, 1.82) is 0 Å². The molecule has 6 heteroatoms. The zero-order chi connectivity index (χ0) is 14.3. The number of rotatable bonds is 7. The van der Waals surface area contributed by atoms with Crippen LogP contribution in [0, 0.1) is 0 Å². The number of carbonyl (C=O) groups is 2. The molecule has 0 radical (unpaired) electrons. The molecular weight excluding hydrogens is 248 g/mol. The lowest BCUT2D eigenvalue weighted by molar-refractivity contribution is 0.0660. The number of furan rings is 1. The van der Waals surface area contributed by atoms with E-state index in [4.69, 9.17) is 9.52 Å². The zero-order valence-electron chi connectivity index (χ0n) is 11.3. The van der Waals surface area contributed by atoms with Crippen LogP contribution < -0.4 is 5.32 Å². The van der Waals surface area contributed by atoms with Gasteiger partial charge in [-0.15, -0.1) is 0 Å². The van der Waals surface area contributed by atoms with Crippen LogP contribution in [-0.4, -0.2) is 35.1 Å². The smallest absolute Gasteiger partial charge is 0.371 e. The molecule has 0 bridgehead atoms. The van der Waals surface area contributed by atoms with Crippen molar-refractivity contribution in [3.8, 4) is 0 Å². The Bertz CT molecular complexity index is 428. The minimum Gasteiger partial charge on any atom is -0.475 e. The largest absolute Gasteiger partial charge is 0.475 e. The van der Waals surface area contributed by atoms with Gasteiger partial charge in [0.05, 0.1) is 6.54 Å². The van der Waals surface area contributed by atoms with E-state index in [1.165, 1.54) is 6.07 Å². The van der Waals surface area contributed by atoms with Gasteiger partial charge in [0.1, 0.15) is 5.76 Å². The molecule has 1 heterocycles. The number of hydrogen-bond acceptors (Lipinski definition) is 3. The number of unbranched alkanes of at least 4 members (excludes halogenated alkanes) is 1. The number of carbonyl (C=O) groups excluding carboxylic acids is 1. The highest BCUT2D eigenvalue weighted by Gasteiger charge is 2.12. The summed E-state index contributed by atoms with van der Waals surface area (Å²) in [6, 6.07) is 2.76. The summed E-state index contributed by atoms with van der Waals surface area (Å²) < 4.78 is 5.06. The summed E-state index contributed by atoms with van der Waals surface area (Å²) in [5.41, 5.74) is 0. The molecule has 1 aromatic rings. The van der Waals surface area contributed by atoms with Crippen molar-refractivity contribution in [2.75, 3.05) is 13.1 Å². The monoisotopic (exact) mass is 268 g/mol. The van der Waals surface area contributed by atoms with Gasteiger partial charge in [-0.3, -0.25) is 0 Å². The number of carboxylic acids is 1. The molecule has 19 heavy (non-hydrogen) atoms. The molecule has 0 aliphatic rings. The fraction of sp³-hybridized carbons (Fsp3) is 0.538. The van der Waals surface area contributed by atoms with Gasteiger partial charge < -0.3 is 19.7 Å². The van der Waals surface area contributed by atoms with Crippen molar-refractivity contribution < 1.29 is 19.1 Å². The predicted octanol–water partition coefficient (Wildman–Crippen LogP) is 2.31. The van der Waals surface area contributed by atoms with Crippen LogP contribution >= 0.6 is 0 Å². The summed E-state index contributed by atoms with van der Waals surface area (Å²) in [4.78, 5) is 24.2. The number of urea groups is 1. The van der Waals surface area contributed by atoms with Crippen LogP contribution in [0.15, 0.2) is 16.5 Å². The van der Waals surface area contributed by atoms with E-state index in [1.54, 1.807) is 11.0 Å². The van der Waals surface area contributed by atoms with Gasteiger partial charge in [0.25, 0.3) is 0 Å². The highest BCUT2D eigenvalue weighted by molar-refractivity contribution is 5.84. The lowest BCUT2D eigenvalue weighted by atomic mass is 10.3. The normalized spacial score (nSPS) is 10.2. The van der Waals surface area contributed by atoms with Crippen LogP contribution in [0.3, 0.4) is 0 Å². The first-order valence-electron chi connectivity index (χ1n) is 6.43. The second-order valence-electron chi connectivity index (χ2n) is 4.16. The summed E-state index contributed by atoms with van der Waals surface area (Å²) >= 11 is 0. The third-order valence-corrected chi connectivity index (χ3v) is 2.74. The van der Waals surface area contributed by atoms with Crippen LogP contribution in [0.2, 0.25) is 0 Å². The van der Waals surface area contributed by atoms with Crippen LogP contribution in [0.5, 0.6) is 0 Å². The van der Waals surface area contributed by atoms with E-state index >= 15 is 0 Å². The van der Waals surface area contributed by atoms with Crippen LogP contribution in [0.1, 0.15) is 43.0 Å². The van der Waals surface area contributed by atoms with Gasteiger partial charge in [-0.2, -0.15) is 0 Å². The molecule has 0 aromatic carbocycles. The Morgan fingerprint density at radius 3 is 2.63 bits per heavy atom. The lowest BCUT2D eigenvalue weighted by Crippen LogP contribution is -2.39. The second-order valence-corrected chi connectivity index (χ2v) is 4.16. The fourth-order valence-electron chi connectivity index (χ4n) is 1.61. The molecule has 0 atom stereocenters. The SMILES string of the molecule is CCCCN(CC)C(=O)NCc1ccc(C(=O)O)o1. The van der Waals surface area contributed by atoms with E-state index in [0.717, 1.165) is 19.4 Å². The Labute approximate surface area is 112 Å².